The Balaban J connectivity index is 0.00000576. The van der Waals surface area contributed by atoms with E-state index >= 15 is 0 Å². The van der Waals surface area contributed by atoms with Gasteiger partial charge in [0.2, 0.25) is 0 Å². The maximum atomic E-state index is 12.4. The van der Waals surface area contributed by atoms with Gasteiger partial charge in [-0.25, -0.2) is 8.42 Å². The Bertz CT molecular complexity index is 670. The van der Waals surface area contributed by atoms with Crippen molar-refractivity contribution in [1.82, 2.24) is 10.6 Å². The molecular formula is C15H24F2IN3O3S. The fraction of sp³-hybridized carbons (Fsp3) is 0.533. The average molecular weight is 491 g/mol. The SMILES string of the molecule is CN=C(NCCCS(C)(=O)=O)NCc1cc(C)ccc1OC(F)F.I. The van der Waals surface area contributed by atoms with Gasteiger partial charge in [-0.15, -0.1) is 24.0 Å². The van der Waals surface area contributed by atoms with Crippen LogP contribution in [0.25, 0.3) is 0 Å². The van der Waals surface area contributed by atoms with Crippen LogP contribution in [0.1, 0.15) is 17.5 Å². The Hall–Kier alpha value is -1.17. The summed E-state index contributed by atoms with van der Waals surface area (Å²) in [7, 11) is -1.43. The normalized spacial score (nSPS) is 11.8. The number of guanidine groups is 1. The van der Waals surface area contributed by atoms with Gasteiger partial charge in [0, 0.05) is 32.0 Å². The highest BCUT2D eigenvalue weighted by Gasteiger charge is 2.10. The molecule has 0 atom stereocenters. The van der Waals surface area contributed by atoms with E-state index in [9.17, 15) is 17.2 Å². The largest absolute Gasteiger partial charge is 0.434 e. The minimum atomic E-state index is -2.99. The van der Waals surface area contributed by atoms with Crippen LogP contribution in [-0.4, -0.2) is 46.6 Å². The molecule has 0 saturated heterocycles. The lowest BCUT2D eigenvalue weighted by molar-refractivity contribution is -0.0504. The molecule has 0 aliphatic heterocycles. The molecule has 0 aromatic heterocycles. The van der Waals surface area contributed by atoms with Crippen molar-refractivity contribution in [2.75, 3.05) is 25.6 Å². The topological polar surface area (TPSA) is 79.8 Å². The number of alkyl halides is 2. The van der Waals surface area contributed by atoms with Crippen LogP contribution >= 0.6 is 24.0 Å². The fourth-order valence-corrected chi connectivity index (χ4v) is 2.67. The highest BCUT2D eigenvalue weighted by atomic mass is 127. The van der Waals surface area contributed by atoms with E-state index in [4.69, 9.17) is 0 Å². The molecule has 144 valence electrons. The molecule has 1 aromatic rings. The van der Waals surface area contributed by atoms with Crippen LogP contribution in [0.2, 0.25) is 0 Å². The summed E-state index contributed by atoms with van der Waals surface area (Å²) in [4.78, 5) is 4.01. The van der Waals surface area contributed by atoms with E-state index in [2.05, 4.69) is 20.4 Å². The quantitative estimate of drug-likeness (QED) is 0.253. The van der Waals surface area contributed by atoms with Crippen molar-refractivity contribution in [1.29, 1.82) is 0 Å². The molecule has 0 saturated carbocycles. The third-order valence-electron chi connectivity index (χ3n) is 3.09. The fourth-order valence-electron chi connectivity index (χ4n) is 2.00. The zero-order chi connectivity index (χ0) is 18.2. The smallest absolute Gasteiger partial charge is 0.387 e. The minimum absolute atomic E-state index is 0. The molecule has 0 fully saturated rings. The van der Waals surface area contributed by atoms with E-state index in [1.807, 2.05) is 6.92 Å². The van der Waals surface area contributed by atoms with Gasteiger partial charge < -0.3 is 15.4 Å². The van der Waals surface area contributed by atoms with Gasteiger partial charge in [-0.1, -0.05) is 17.7 Å². The number of nitrogens with one attached hydrogen (secondary N) is 2. The zero-order valence-electron chi connectivity index (χ0n) is 14.4. The maximum Gasteiger partial charge on any atom is 0.387 e. The van der Waals surface area contributed by atoms with E-state index in [0.717, 1.165) is 5.56 Å². The first-order valence-corrected chi connectivity index (χ1v) is 9.44. The molecule has 0 bridgehead atoms. The van der Waals surface area contributed by atoms with E-state index in [1.165, 1.54) is 12.3 Å². The second-order valence-electron chi connectivity index (χ2n) is 5.33. The Labute approximate surface area is 164 Å². The van der Waals surface area contributed by atoms with Crippen LogP contribution in [0.4, 0.5) is 8.78 Å². The van der Waals surface area contributed by atoms with Crippen LogP contribution in [0, 0.1) is 6.92 Å². The number of rotatable bonds is 8. The van der Waals surface area contributed by atoms with Crippen molar-refractivity contribution < 1.29 is 21.9 Å². The molecule has 0 heterocycles. The molecule has 1 aromatic carbocycles. The summed E-state index contributed by atoms with van der Waals surface area (Å²) in [5.41, 5.74) is 1.50. The Morgan fingerprint density at radius 2 is 2.00 bits per heavy atom. The van der Waals surface area contributed by atoms with Crippen molar-refractivity contribution in [2.24, 2.45) is 4.99 Å². The molecule has 1 rings (SSSR count). The van der Waals surface area contributed by atoms with Gasteiger partial charge in [0.15, 0.2) is 5.96 Å². The third kappa shape index (κ3) is 10.4. The summed E-state index contributed by atoms with van der Waals surface area (Å²) in [6.07, 6.45) is 1.63. The number of halogens is 3. The van der Waals surface area contributed by atoms with Gasteiger partial charge in [0.1, 0.15) is 15.6 Å². The number of aliphatic imine (C=N–C) groups is 1. The number of benzene rings is 1. The highest BCUT2D eigenvalue weighted by Crippen LogP contribution is 2.21. The van der Waals surface area contributed by atoms with Crippen LogP contribution in [-0.2, 0) is 16.4 Å². The summed E-state index contributed by atoms with van der Waals surface area (Å²) in [5.74, 6) is 0.643. The van der Waals surface area contributed by atoms with Gasteiger partial charge in [0.05, 0.1) is 5.75 Å². The predicted octanol–water partition coefficient (Wildman–Crippen LogP) is 2.31. The number of sulfone groups is 1. The molecule has 0 radical (unpaired) electrons. The maximum absolute atomic E-state index is 12.4. The van der Waals surface area contributed by atoms with Crippen molar-refractivity contribution in [3.8, 4) is 5.75 Å². The molecule has 0 spiro atoms. The van der Waals surface area contributed by atoms with E-state index < -0.39 is 16.4 Å². The minimum Gasteiger partial charge on any atom is -0.434 e. The molecule has 0 aliphatic carbocycles. The standard InChI is InChI=1S/C15H23F2N3O3S.HI/c1-11-5-6-13(23-14(16)17)12(9-11)10-20-15(18-2)19-7-4-8-24(3,21)22;/h5-6,9,14H,4,7-8,10H2,1-3H3,(H2,18,19,20);1H. The number of hydrogen-bond donors (Lipinski definition) is 2. The first kappa shape index (κ1) is 23.8. The summed E-state index contributed by atoms with van der Waals surface area (Å²) in [6, 6.07) is 4.95. The summed E-state index contributed by atoms with van der Waals surface area (Å²) >= 11 is 0. The average Bonchev–Trinajstić information content (AvgIpc) is 2.47. The lowest BCUT2D eigenvalue weighted by Crippen LogP contribution is -2.37. The molecule has 2 N–H and O–H groups in total. The third-order valence-corrected chi connectivity index (χ3v) is 4.12. The first-order chi connectivity index (χ1) is 11.2. The number of aryl methyl sites for hydroxylation is 1. The summed E-state index contributed by atoms with van der Waals surface area (Å²) in [5, 5.41) is 5.96. The molecule has 10 heteroatoms. The molecule has 0 amide bonds. The number of ether oxygens (including phenoxy) is 1. The number of hydrogen-bond acceptors (Lipinski definition) is 4. The van der Waals surface area contributed by atoms with Crippen LogP contribution < -0.4 is 15.4 Å². The monoisotopic (exact) mass is 491 g/mol. The lowest BCUT2D eigenvalue weighted by Gasteiger charge is -2.15. The highest BCUT2D eigenvalue weighted by molar-refractivity contribution is 14.0. The Kier molecular flexibility index (Phi) is 10.9. The van der Waals surface area contributed by atoms with Crippen molar-refractivity contribution in [2.45, 2.75) is 26.5 Å². The molecule has 6 nitrogen and oxygen atoms in total. The summed E-state index contributed by atoms with van der Waals surface area (Å²) < 4.78 is 51.5. The van der Waals surface area contributed by atoms with Gasteiger partial charge in [-0.2, -0.15) is 8.78 Å². The van der Waals surface area contributed by atoms with E-state index in [-0.39, 0.29) is 42.0 Å². The Morgan fingerprint density at radius 3 is 2.56 bits per heavy atom. The number of nitrogens with zero attached hydrogens (tertiary/aromatic N) is 1. The van der Waals surface area contributed by atoms with E-state index in [1.54, 1.807) is 19.2 Å². The molecule has 0 aliphatic rings. The van der Waals surface area contributed by atoms with Crippen molar-refractivity contribution >= 4 is 39.8 Å². The van der Waals surface area contributed by atoms with Crippen LogP contribution in [0.15, 0.2) is 23.2 Å². The van der Waals surface area contributed by atoms with Gasteiger partial charge in [-0.3, -0.25) is 4.99 Å². The Morgan fingerprint density at radius 1 is 1.32 bits per heavy atom. The van der Waals surface area contributed by atoms with Crippen molar-refractivity contribution in [3.63, 3.8) is 0 Å². The van der Waals surface area contributed by atoms with Crippen LogP contribution in [0.3, 0.4) is 0 Å². The van der Waals surface area contributed by atoms with E-state index in [0.29, 0.717) is 24.5 Å². The lowest BCUT2D eigenvalue weighted by atomic mass is 10.1. The predicted molar refractivity (Wildman–Crippen MR) is 106 cm³/mol. The van der Waals surface area contributed by atoms with Gasteiger partial charge in [0.25, 0.3) is 0 Å². The van der Waals surface area contributed by atoms with Gasteiger partial charge >= 0.3 is 6.61 Å². The second kappa shape index (κ2) is 11.4. The first-order valence-electron chi connectivity index (χ1n) is 7.38. The second-order valence-corrected chi connectivity index (χ2v) is 7.59. The van der Waals surface area contributed by atoms with Crippen molar-refractivity contribution in [3.05, 3.63) is 29.3 Å². The van der Waals surface area contributed by atoms with Crippen LogP contribution in [0.5, 0.6) is 5.75 Å². The van der Waals surface area contributed by atoms with Gasteiger partial charge in [-0.05, 0) is 19.4 Å². The zero-order valence-corrected chi connectivity index (χ0v) is 17.5. The molecule has 25 heavy (non-hydrogen) atoms. The molecular weight excluding hydrogens is 467 g/mol. The molecule has 0 unspecified atom stereocenters. The summed E-state index contributed by atoms with van der Waals surface area (Å²) in [6.45, 7) is -0.357.